The first-order valence-electron chi connectivity index (χ1n) is 40.9. The van der Waals surface area contributed by atoms with Gasteiger partial charge >= 0.3 is 39.5 Å². The molecule has 0 amide bonds. The maximum absolute atomic E-state index is 13.1. The Morgan fingerprint density at radius 2 is 0.459 bits per heavy atom. The molecular weight excluding hydrogens is 1280 g/mol. The van der Waals surface area contributed by atoms with Gasteiger partial charge in [-0.1, -0.05) is 351 Å². The molecule has 6 unspecified atom stereocenters. The second-order valence-electron chi connectivity index (χ2n) is 29.4. The van der Waals surface area contributed by atoms with Crippen LogP contribution in [0.3, 0.4) is 0 Å². The van der Waals surface area contributed by atoms with Crippen LogP contribution in [0.15, 0.2) is 0 Å². The van der Waals surface area contributed by atoms with Gasteiger partial charge in [0.15, 0.2) is 12.2 Å². The fraction of sp³-hybridized carbons (Fsp3) is 0.949. The summed E-state index contributed by atoms with van der Waals surface area (Å²) >= 11 is 0. The van der Waals surface area contributed by atoms with Crippen molar-refractivity contribution in [1.29, 1.82) is 0 Å². The molecule has 0 spiro atoms. The van der Waals surface area contributed by atoms with Crippen LogP contribution in [0, 0.1) is 23.7 Å². The Balaban J connectivity index is 5.21. The number of phosphoric ester groups is 2. The van der Waals surface area contributed by atoms with Crippen LogP contribution in [0.5, 0.6) is 0 Å². The normalized spacial score (nSPS) is 15.2. The maximum atomic E-state index is 13.1. The lowest BCUT2D eigenvalue weighted by molar-refractivity contribution is -0.161. The van der Waals surface area contributed by atoms with E-state index in [4.69, 9.17) is 37.0 Å². The van der Waals surface area contributed by atoms with Crippen LogP contribution in [0.25, 0.3) is 0 Å². The van der Waals surface area contributed by atoms with Gasteiger partial charge in [-0.2, -0.15) is 0 Å². The predicted octanol–water partition coefficient (Wildman–Crippen LogP) is 23.2. The number of aliphatic hydroxyl groups is 1. The summed E-state index contributed by atoms with van der Waals surface area (Å²) < 4.78 is 68.6. The molecule has 0 saturated heterocycles. The first-order chi connectivity index (χ1) is 47.2. The van der Waals surface area contributed by atoms with Crippen molar-refractivity contribution in [3.63, 3.8) is 0 Å². The molecule has 0 aromatic rings. The Morgan fingerprint density at radius 3 is 0.673 bits per heavy atom. The van der Waals surface area contributed by atoms with Crippen molar-refractivity contribution in [3.8, 4) is 0 Å². The summed E-state index contributed by atoms with van der Waals surface area (Å²) in [5, 5.41) is 10.6. The van der Waals surface area contributed by atoms with Gasteiger partial charge in [-0.05, 0) is 49.4 Å². The third kappa shape index (κ3) is 67.2. The fourth-order valence-electron chi connectivity index (χ4n) is 12.0. The standard InChI is InChI=1S/C79H154O17P2/c1-9-69(5)55-47-39-31-25-21-19-17-15-13-14-16-18-20-22-27-35-45-53-61-78(83)95-74(65-89-76(81)59-51-43-34-30-29-33-41-49-57-71(7)11-3)67-93-97(85,86)91-63-73(80)64-92-98(87,88)94-68-75(66-90-77(82)60-52-44-38-37-42-50-58-72(8)12-4)96-79(84)62-54-46-36-28-24-23-26-32-40-48-56-70(6)10-2/h69-75,80H,9-68H2,1-8H3,(H,85,86)(H,87,88)/t69?,70?,71?,72?,73-,74-,75-/m1/s1. The van der Waals surface area contributed by atoms with Gasteiger partial charge in [0.1, 0.15) is 19.3 Å². The minimum Gasteiger partial charge on any atom is -0.462 e. The first kappa shape index (κ1) is 96.1. The zero-order valence-corrected chi connectivity index (χ0v) is 66.2. The molecule has 0 aromatic carbocycles. The smallest absolute Gasteiger partial charge is 0.462 e. The molecule has 0 aliphatic carbocycles. The second kappa shape index (κ2) is 68.2. The lowest BCUT2D eigenvalue weighted by Gasteiger charge is -2.21. The molecular formula is C79H154O17P2. The highest BCUT2D eigenvalue weighted by atomic mass is 31.2. The van der Waals surface area contributed by atoms with Crippen LogP contribution in [-0.4, -0.2) is 96.7 Å². The number of rotatable bonds is 76. The van der Waals surface area contributed by atoms with Crippen molar-refractivity contribution in [2.75, 3.05) is 39.6 Å². The third-order valence-electron chi connectivity index (χ3n) is 19.8. The van der Waals surface area contributed by atoms with E-state index in [9.17, 15) is 43.2 Å². The van der Waals surface area contributed by atoms with E-state index in [1.54, 1.807) is 0 Å². The van der Waals surface area contributed by atoms with Gasteiger partial charge in [0, 0.05) is 25.7 Å². The zero-order chi connectivity index (χ0) is 72.4. The molecule has 0 radical (unpaired) electrons. The van der Waals surface area contributed by atoms with E-state index < -0.39 is 97.5 Å². The molecule has 9 atom stereocenters. The topological polar surface area (TPSA) is 237 Å². The number of aliphatic hydroxyl groups excluding tert-OH is 1. The molecule has 3 N–H and O–H groups in total. The average Bonchev–Trinajstić information content (AvgIpc) is 1.20. The van der Waals surface area contributed by atoms with E-state index in [-0.39, 0.29) is 25.7 Å². The van der Waals surface area contributed by atoms with Crippen molar-refractivity contribution in [3.05, 3.63) is 0 Å². The van der Waals surface area contributed by atoms with Crippen molar-refractivity contribution in [2.45, 2.75) is 420 Å². The molecule has 0 bridgehead atoms. The number of unbranched alkanes of at least 4 members (excludes halogenated alkanes) is 38. The van der Waals surface area contributed by atoms with Crippen molar-refractivity contribution in [1.82, 2.24) is 0 Å². The first-order valence-corrected chi connectivity index (χ1v) is 43.8. The van der Waals surface area contributed by atoms with Crippen molar-refractivity contribution >= 4 is 39.5 Å². The Morgan fingerprint density at radius 1 is 0.276 bits per heavy atom. The zero-order valence-electron chi connectivity index (χ0n) is 64.4. The van der Waals surface area contributed by atoms with E-state index in [2.05, 4.69) is 55.4 Å². The number of carbonyl (C=O) groups excluding carboxylic acids is 4. The molecule has 0 fully saturated rings. The number of ether oxygens (including phenoxy) is 4. The number of phosphoric acid groups is 2. The molecule has 582 valence electrons. The second-order valence-corrected chi connectivity index (χ2v) is 32.3. The van der Waals surface area contributed by atoms with Gasteiger partial charge in [-0.25, -0.2) is 9.13 Å². The van der Waals surface area contributed by atoms with Gasteiger partial charge < -0.3 is 33.8 Å². The Hall–Kier alpha value is -1.94. The van der Waals surface area contributed by atoms with Crippen LogP contribution in [0.1, 0.15) is 402 Å². The Kier molecular flexibility index (Phi) is 66.8. The molecule has 0 saturated carbocycles. The molecule has 98 heavy (non-hydrogen) atoms. The van der Waals surface area contributed by atoms with Gasteiger partial charge in [0.2, 0.25) is 0 Å². The molecule has 0 aliphatic rings. The highest BCUT2D eigenvalue weighted by Gasteiger charge is 2.30. The molecule has 19 heteroatoms. The van der Waals surface area contributed by atoms with Crippen LogP contribution in [0.4, 0.5) is 0 Å². The highest BCUT2D eigenvalue weighted by molar-refractivity contribution is 7.47. The maximum Gasteiger partial charge on any atom is 0.472 e. The van der Waals surface area contributed by atoms with Gasteiger partial charge in [0.05, 0.1) is 26.4 Å². The number of hydrogen-bond donors (Lipinski definition) is 3. The average molecular weight is 1440 g/mol. The quantitative estimate of drug-likeness (QED) is 0.0222. The SMILES string of the molecule is CCC(C)CCCCCCCCCCCCCCCCCCCCC(=O)O[C@H](COC(=O)CCCCCCCCCCC(C)CC)COP(=O)(O)OC[C@@H](O)COP(=O)(O)OC[C@@H](COC(=O)CCCCCCCCC(C)CC)OC(=O)CCCCCCCCCCCCC(C)CC. The molecule has 0 heterocycles. The molecule has 0 rings (SSSR count). The van der Waals surface area contributed by atoms with Crippen LogP contribution < -0.4 is 0 Å². The lowest BCUT2D eigenvalue weighted by atomic mass is 9.99. The molecule has 0 aliphatic heterocycles. The largest absolute Gasteiger partial charge is 0.472 e. The highest BCUT2D eigenvalue weighted by Crippen LogP contribution is 2.45. The summed E-state index contributed by atoms with van der Waals surface area (Å²) in [4.78, 5) is 72.9. The summed E-state index contributed by atoms with van der Waals surface area (Å²) in [6, 6.07) is 0. The summed E-state index contributed by atoms with van der Waals surface area (Å²) in [5.41, 5.74) is 0. The Bertz CT molecular complexity index is 1930. The van der Waals surface area contributed by atoms with Crippen molar-refractivity contribution in [2.24, 2.45) is 23.7 Å². The van der Waals surface area contributed by atoms with E-state index in [0.29, 0.717) is 25.7 Å². The minimum absolute atomic E-state index is 0.105. The number of hydrogen-bond acceptors (Lipinski definition) is 15. The van der Waals surface area contributed by atoms with Crippen molar-refractivity contribution < 1.29 is 80.2 Å². The van der Waals surface area contributed by atoms with Gasteiger partial charge in [0.25, 0.3) is 0 Å². The monoisotopic (exact) mass is 1440 g/mol. The van der Waals surface area contributed by atoms with E-state index in [1.165, 1.54) is 199 Å². The molecule has 17 nitrogen and oxygen atoms in total. The summed E-state index contributed by atoms with van der Waals surface area (Å²) in [5.74, 6) is 1.06. The van der Waals surface area contributed by atoms with E-state index >= 15 is 0 Å². The number of carbonyl (C=O) groups is 4. The summed E-state index contributed by atoms with van der Waals surface area (Å²) in [6.45, 7) is 14.3. The van der Waals surface area contributed by atoms with Crippen LogP contribution in [-0.2, 0) is 65.4 Å². The van der Waals surface area contributed by atoms with Gasteiger partial charge in [-0.15, -0.1) is 0 Å². The fourth-order valence-corrected chi connectivity index (χ4v) is 13.5. The molecule has 0 aromatic heterocycles. The number of esters is 4. The summed E-state index contributed by atoms with van der Waals surface area (Å²) in [7, 11) is -9.92. The van der Waals surface area contributed by atoms with E-state index in [1.807, 2.05) is 0 Å². The van der Waals surface area contributed by atoms with E-state index in [0.717, 1.165) is 120 Å². The lowest BCUT2D eigenvalue weighted by Crippen LogP contribution is -2.30. The third-order valence-corrected chi connectivity index (χ3v) is 21.7. The predicted molar refractivity (Wildman–Crippen MR) is 400 cm³/mol. The van der Waals surface area contributed by atoms with Crippen LogP contribution >= 0.6 is 15.6 Å². The minimum atomic E-state index is -4.96. The van der Waals surface area contributed by atoms with Gasteiger partial charge in [-0.3, -0.25) is 37.3 Å². The Labute approximate surface area is 600 Å². The van der Waals surface area contributed by atoms with Crippen LogP contribution in [0.2, 0.25) is 0 Å². The summed E-state index contributed by atoms with van der Waals surface area (Å²) in [6.07, 6.45) is 54.1.